The summed E-state index contributed by atoms with van der Waals surface area (Å²) in [4.78, 5) is 9.67. The van der Waals surface area contributed by atoms with Crippen molar-refractivity contribution < 1.29 is 14.3 Å². The molecule has 0 aliphatic rings. The minimum absolute atomic E-state index is 0.246. The van der Waals surface area contributed by atoms with Crippen molar-refractivity contribution in [3.05, 3.63) is 24.5 Å². The molecule has 0 rings (SSSR count). The van der Waals surface area contributed by atoms with Crippen LogP contribution in [0.3, 0.4) is 0 Å². The first-order valence-corrected chi connectivity index (χ1v) is 3.21. The van der Waals surface area contributed by atoms with Crippen molar-refractivity contribution in [2.75, 3.05) is 13.2 Å². The number of allylic oxidation sites excluding steroid dienone is 1. The summed E-state index contributed by atoms with van der Waals surface area (Å²) in [6.45, 7) is 9.95. The Bertz CT molecular complexity index is 161. The third-order valence-corrected chi connectivity index (χ3v) is 1.02. The fourth-order valence-electron chi connectivity index (χ4n) is 0.384. The van der Waals surface area contributed by atoms with Crippen molar-refractivity contribution in [2.24, 2.45) is 0 Å². The maximum atomic E-state index is 9.67. The Morgan fingerprint density at radius 1 is 1.45 bits per heavy atom. The van der Waals surface area contributed by atoms with Crippen LogP contribution in [0.2, 0.25) is 0 Å². The minimum atomic E-state index is 0.246. The van der Waals surface area contributed by atoms with Crippen molar-refractivity contribution >= 4 is 6.47 Å². The van der Waals surface area contributed by atoms with Gasteiger partial charge in [-0.15, -0.1) is 0 Å². The van der Waals surface area contributed by atoms with Gasteiger partial charge in [-0.3, -0.25) is 4.79 Å². The van der Waals surface area contributed by atoms with Gasteiger partial charge in [0.15, 0.2) is 0 Å². The Morgan fingerprint density at radius 2 is 2.09 bits per heavy atom. The standard InChI is InChI=1S/C8H12O3/c1-7(2)8(3)11-5-4-10-6-9/h6H,1,3-5H2,2H3. The second kappa shape index (κ2) is 5.53. The van der Waals surface area contributed by atoms with Gasteiger partial charge in [0.05, 0.1) is 0 Å². The quantitative estimate of drug-likeness (QED) is 0.251. The zero-order valence-corrected chi connectivity index (χ0v) is 6.63. The van der Waals surface area contributed by atoms with Crippen LogP contribution in [0.1, 0.15) is 6.92 Å². The van der Waals surface area contributed by atoms with E-state index in [1.54, 1.807) is 6.92 Å². The number of rotatable bonds is 6. The van der Waals surface area contributed by atoms with Crippen molar-refractivity contribution in [3.63, 3.8) is 0 Å². The van der Waals surface area contributed by atoms with Crippen LogP contribution in [0.25, 0.3) is 0 Å². The predicted octanol–water partition coefficient (Wildman–Crippen LogP) is 1.27. The van der Waals surface area contributed by atoms with Crippen molar-refractivity contribution in [1.82, 2.24) is 0 Å². The molecule has 0 atom stereocenters. The molecule has 0 amide bonds. The van der Waals surface area contributed by atoms with Crippen LogP contribution in [-0.4, -0.2) is 19.7 Å². The molecule has 0 saturated heterocycles. The topological polar surface area (TPSA) is 35.5 Å². The van der Waals surface area contributed by atoms with Gasteiger partial charge in [0, 0.05) is 0 Å². The third kappa shape index (κ3) is 5.21. The molecule has 62 valence electrons. The second-order valence-electron chi connectivity index (χ2n) is 2.02. The molecule has 0 aromatic rings. The Balaban J connectivity index is 3.31. The van der Waals surface area contributed by atoms with Gasteiger partial charge < -0.3 is 9.47 Å². The Hall–Kier alpha value is -1.25. The lowest BCUT2D eigenvalue weighted by Crippen LogP contribution is -2.02. The van der Waals surface area contributed by atoms with Crippen LogP contribution in [0.5, 0.6) is 0 Å². The molecule has 3 heteroatoms. The monoisotopic (exact) mass is 156 g/mol. The fraction of sp³-hybridized carbons (Fsp3) is 0.375. The molecule has 0 unspecified atom stereocenters. The van der Waals surface area contributed by atoms with Crippen LogP contribution in [0.4, 0.5) is 0 Å². The highest BCUT2D eigenvalue weighted by molar-refractivity contribution is 5.36. The molecule has 0 heterocycles. The molecule has 0 spiro atoms. The molecule has 0 aromatic carbocycles. The summed E-state index contributed by atoms with van der Waals surface area (Å²) >= 11 is 0. The summed E-state index contributed by atoms with van der Waals surface area (Å²) in [6, 6.07) is 0. The molecular formula is C8H12O3. The van der Waals surface area contributed by atoms with Gasteiger partial charge in [0.25, 0.3) is 6.47 Å². The Labute approximate surface area is 66.3 Å². The zero-order valence-electron chi connectivity index (χ0n) is 6.63. The van der Waals surface area contributed by atoms with E-state index in [9.17, 15) is 4.79 Å². The highest BCUT2D eigenvalue weighted by Gasteiger charge is 1.93. The SMILES string of the molecule is C=C(C)C(=C)OCCOC=O. The molecule has 11 heavy (non-hydrogen) atoms. The predicted molar refractivity (Wildman–Crippen MR) is 41.9 cm³/mol. The minimum Gasteiger partial charge on any atom is -0.490 e. The van der Waals surface area contributed by atoms with E-state index < -0.39 is 0 Å². The third-order valence-electron chi connectivity index (χ3n) is 1.02. The number of ether oxygens (including phenoxy) is 2. The van der Waals surface area contributed by atoms with E-state index in [4.69, 9.17) is 4.74 Å². The first kappa shape index (κ1) is 9.75. The van der Waals surface area contributed by atoms with E-state index in [0.717, 1.165) is 5.57 Å². The van der Waals surface area contributed by atoms with Crippen molar-refractivity contribution in [2.45, 2.75) is 6.92 Å². The summed E-state index contributed by atoms with van der Waals surface area (Å²) in [5, 5.41) is 0. The number of carbonyl (C=O) groups excluding carboxylic acids is 1. The largest absolute Gasteiger partial charge is 0.490 e. The van der Waals surface area contributed by atoms with Crippen LogP contribution in [0, 0.1) is 0 Å². The summed E-state index contributed by atoms with van der Waals surface area (Å²) in [6.07, 6.45) is 0. The van der Waals surface area contributed by atoms with Gasteiger partial charge in [-0.05, 0) is 12.5 Å². The van der Waals surface area contributed by atoms with Gasteiger partial charge in [-0.2, -0.15) is 0 Å². The maximum Gasteiger partial charge on any atom is 0.293 e. The van der Waals surface area contributed by atoms with Crippen molar-refractivity contribution in [1.29, 1.82) is 0 Å². The Kier molecular flexibility index (Phi) is 4.90. The van der Waals surface area contributed by atoms with E-state index >= 15 is 0 Å². The first-order valence-electron chi connectivity index (χ1n) is 3.21. The van der Waals surface area contributed by atoms with Crippen LogP contribution < -0.4 is 0 Å². The number of carbonyl (C=O) groups is 1. The van der Waals surface area contributed by atoms with E-state index in [1.165, 1.54) is 0 Å². The molecule has 0 aliphatic heterocycles. The van der Waals surface area contributed by atoms with Gasteiger partial charge in [0.1, 0.15) is 19.0 Å². The highest BCUT2D eigenvalue weighted by Crippen LogP contribution is 2.03. The first-order chi connectivity index (χ1) is 5.18. The summed E-state index contributed by atoms with van der Waals surface area (Å²) in [7, 11) is 0. The summed E-state index contributed by atoms with van der Waals surface area (Å²) in [5.41, 5.74) is 0.774. The average molecular weight is 156 g/mol. The lowest BCUT2D eigenvalue weighted by molar-refractivity contribution is -0.129. The maximum absolute atomic E-state index is 9.67. The molecule has 0 bridgehead atoms. The molecule has 3 nitrogen and oxygen atoms in total. The lowest BCUT2D eigenvalue weighted by atomic mass is 10.3. The van der Waals surface area contributed by atoms with Gasteiger partial charge >= 0.3 is 0 Å². The summed E-state index contributed by atoms with van der Waals surface area (Å²) < 4.78 is 9.41. The van der Waals surface area contributed by atoms with E-state index in [-0.39, 0.29) is 6.61 Å². The second-order valence-corrected chi connectivity index (χ2v) is 2.02. The number of hydrogen-bond acceptors (Lipinski definition) is 3. The van der Waals surface area contributed by atoms with Crippen LogP contribution >= 0.6 is 0 Å². The molecule has 0 radical (unpaired) electrons. The van der Waals surface area contributed by atoms with Crippen LogP contribution in [-0.2, 0) is 14.3 Å². The highest BCUT2D eigenvalue weighted by atomic mass is 16.5. The van der Waals surface area contributed by atoms with E-state index in [0.29, 0.717) is 18.8 Å². The van der Waals surface area contributed by atoms with Crippen LogP contribution in [0.15, 0.2) is 24.5 Å². The lowest BCUT2D eigenvalue weighted by Gasteiger charge is -2.06. The molecule has 0 aromatic heterocycles. The van der Waals surface area contributed by atoms with Gasteiger partial charge in [-0.25, -0.2) is 0 Å². The smallest absolute Gasteiger partial charge is 0.293 e. The van der Waals surface area contributed by atoms with E-state index in [1.807, 2.05) is 0 Å². The van der Waals surface area contributed by atoms with Gasteiger partial charge in [0.2, 0.25) is 0 Å². The number of hydrogen-bond donors (Lipinski definition) is 0. The molecular weight excluding hydrogens is 144 g/mol. The summed E-state index contributed by atoms with van der Waals surface area (Å²) in [5.74, 6) is 0.527. The van der Waals surface area contributed by atoms with E-state index in [2.05, 4.69) is 17.9 Å². The molecule has 0 fully saturated rings. The fourth-order valence-corrected chi connectivity index (χ4v) is 0.384. The zero-order chi connectivity index (χ0) is 8.69. The van der Waals surface area contributed by atoms with Crippen molar-refractivity contribution in [3.8, 4) is 0 Å². The van der Waals surface area contributed by atoms with Gasteiger partial charge in [-0.1, -0.05) is 13.2 Å². The Morgan fingerprint density at radius 3 is 2.55 bits per heavy atom. The molecule has 0 N–H and O–H groups in total. The molecule has 0 saturated carbocycles. The molecule has 0 aliphatic carbocycles. The average Bonchev–Trinajstić information content (AvgIpc) is 1.97. The normalized spacial score (nSPS) is 8.45.